The molecule has 1 aliphatic rings. The molecule has 0 fully saturated rings. The largest absolute Gasteiger partial charge is 0.507 e. The number of phenols is 1. The van der Waals surface area contributed by atoms with E-state index in [-0.39, 0.29) is 28.3 Å². The van der Waals surface area contributed by atoms with Crippen LogP contribution in [0.5, 0.6) is 5.75 Å². The van der Waals surface area contributed by atoms with Crippen molar-refractivity contribution in [3.05, 3.63) is 39.9 Å². The lowest BCUT2D eigenvalue weighted by molar-refractivity contribution is -0.383. The first-order valence-electron chi connectivity index (χ1n) is 7.97. The summed E-state index contributed by atoms with van der Waals surface area (Å²) in [6.45, 7) is 8.83. The minimum atomic E-state index is -0.391. The van der Waals surface area contributed by atoms with E-state index in [0.29, 0.717) is 17.3 Å². The molecule has 128 valence electrons. The predicted molar refractivity (Wildman–Crippen MR) is 97.4 cm³/mol. The molecule has 6 heteroatoms. The first-order valence-corrected chi connectivity index (χ1v) is 8.41. The van der Waals surface area contributed by atoms with E-state index in [1.807, 2.05) is 6.92 Å². The van der Waals surface area contributed by atoms with E-state index in [0.717, 1.165) is 11.3 Å². The van der Waals surface area contributed by atoms with Gasteiger partial charge in [-0.15, -0.1) is 11.6 Å². The van der Waals surface area contributed by atoms with Crippen molar-refractivity contribution in [2.24, 2.45) is 0 Å². The van der Waals surface area contributed by atoms with Gasteiger partial charge < -0.3 is 10.0 Å². The number of benzene rings is 2. The van der Waals surface area contributed by atoms with Crippen molar-refractivity contribution in [1.29, 1.82) is 0 Å². The molecule has 1 aliphatic heterocycles. The second-order valence-electron chi connectivity index (χ2n) is 7.35. The van der Waals surface area contributed by atoms with E-state index < -0.39 is 4.92 Å². The van der Waals surface area contributed by atoms with Gasteiger partial charge in [0, 0.05) is 46.6 Å². The van der Waals surface area contributed by atoms with Gasteiger partial charge in [0.25, 0.3) is 5.69 Å². The van der Waals surface area contributed by atoms with Gasteiger partial charge in [0.05, 0.1) is 10.3 Å². The van der Waals surface area contributed by atoms with Gasteiger partial charge in [-0.05, 0) is 33.3 Å². The molecule has 0 spiro atoms. The lowest BCUT2D eigenvalue weighted by Gasteiger charge is -2.35. The highest BCUT2D eigenvalue weighted by Crippen LogP contribution is 2.50. The van der Waals surface area contributed by atoms with Crippen molar-refractivity contribution in [3.8, 4) is 5.75 Å². The summed E-state index contributed by atoms with van der Waals surface area (Å²) in [4.78, 5) is 13.3. The van der Waals surface area contributed by atoms with Gasteiger partial charge in [0.15, 0.2) is 0 Å². The number of non-ortho nitro benzene ring substituents is 1. The van der Waals surface area contributed by atoms with E-state index in [4.69, 9.17) is 11.6 Å². The van der Waals surface area contributed by atoms with Gasteiger partial charge in [-0.25, -0.2) is 0 Å². The van der Waals surface area contributed by atoms with E-state index in [9.17, 15) is 15.2 Å². The van der Waals surface area contributed by atoms with Crippen molar-refractivity contribution in [2.45, 2.75) is 44.5 Å². The molecule has 0 saturated carbocycles. The molecule has 0 aromatic heterocycles. The summed E-state index contributed by atoms with van der Waals surface area (Å²) in [6.07, 6.45) is 0. The molecule has 2 atom stereocenters. The van der Waals surface area contributed by atoms with Crippen LogP contribution in [0.15, 0.2) is 24.3 Å². The van der Waals surface area contributed by atoms with Crippen LogP contribution in [0.3, 0.4) is 0 Å². The molecule has 0 aliphatic carbocycles. The highest BCUT2D eigenvalue weighted by Gasteiger charge is 2.40. The zero-order valence-corrected chi connectivity index (χ0v) is 15.0. The molecule has 1 heterocycles. The first-order chi connectivity index (χ1) is 11.1. The van der Waals surface area contributed by atoms with Crippen LogP contribution in [0, 0.1) is 10.1 Å². The molecule has 24 heavy (non-hydrogen) atoms. The van der Waals surface area contributed by atoms with Crippen LogP contribution in [0.2, 0.25) is 0 Å². The second kappa shape index (κ2) is 5.52. The summed E-state index contributed by atoms with van der Waals surface area (Å²) >= 11 is 6.44. The lowest BCUT2D eigenvalue weighted by Crippen LogP contribution is -2.41. The molecule has 0 bridgehead atoms. The number of nitrogens with zero attached hydrogens (tertiary/aromatic N) is 2. The molecule has 2 unspecified atom stereocenters. The maximum Gasteiger partial charge on any atom is 0.277 e. The summed E-state index contributed by atoms with van der Waals surface area (Å²) in [6, 6.07) is 6.51. The zero-order valence-electron chi connectivity index (χ0n) is 14.2. The summed E-state index contributed by atoms with van der Waals surface area (Å²) in [7, 11) is 0. The van der Waals surface area contributed by atoms with Crippen LogP contribution >= 0.6 is 11.6 Å². The number of anilines is 1. The number of hydrogen-bond acceptors (Lipinski definition) is 4. The monoisotopic (exact) mass is 348 g/mol. The Bertz CT molecular complexity index is 827. The number of halogens is 1. The maximum atomic E-state index is 11.6. The predicted octanol–water partition coefficient (Wildman–Crippen LogP) is 4.78. The Balaban J connectivity index is 2.44. The maximum absolute atomic E-state index is 11.6. The van der Waals surface area contributed by atoms with Crippen LogP contribution in [-0.4, -0.2) is 27.5 Å². The van der Waals surface area contributed by atoms with Crippen molar-refractivity contribution >= 4 is 33.7 Å². The van der Waals surface area contributed by atoms with Crippen molar-refractivity contribution in [3.63, 3.8) is 0 Å². The number of fused-ring (bicyclic) bond motifs is 3. The minimum absolute atomic E-state index is 0.0118. The Hall–Kier alpha value is -2.01. The highest BCUT2D eigenvalue weighted by atomic mass is 35.5. The topological polar surface area (TPSA) is 66.6 Å². The van der Waals surface area contributed by atoms with E-state index in [1.165, 1.54) is 6.07 Å². The fourth-order valence-corrected chi connectivity index (χ4v) is 3.80. The molecule has 0 radical (unpaired) electrons. The zero-order chi connectivity index (χ0) is 17.8. The molecule has 2 aromatic carbocycles. The summed E-state index contributed by atoms with van der Waals surface area (Å²) in [5.74, 6) is 0.0228. The number of aromatic hydroxyl groups is 1. The van der Waals surface area contributed by atoms with Crippen LogP contribution in [0.25, 0.3) is 10.8 Å². The van der Waals surface area contributed by atoms with Crippen LogP contribution < -0.4 is 4.90 Å². The third kappa shape index (κ3) is 2.47. The fraction of sp³-hybridized carbons (Fsp3) is 0.444. The molecule has 3 rings (SSSR count). The van der Waals surface area contributed by atoms with Crippen LogP contribution in [0.4, 0.5) is 11.4 Å². The third-order valence-corrected chi connectivity index (χ3v) is 5.04. The molecule has 2 aromatic rings. The quantitative estimate of drug-likeness (QED) is 0.481. The highest BCUT2D eigenvalue weighted by molar-refractivity contribution is 6.21. The van der Waals surface area contributed by atoms with Crippen LogP contribution in [-0.2, 0) is 0 Å². The van der Waals surface area contributed by atoms with E-state index >= 15 is 0 Å². The first kappa shape index (κ1) is 16.8. The Morgan fingerprint density at radius 1 is 1.42 bits per heavy atom. The van der Waals surface area contributed by atoms with Gasteiger partial charge in [0.2, 0.25) is 0 Å². The molecule has 5 nitrogen and oxygen atoms in total. The Morgan fingerprint density at radius 2 is 2.08 bits per heavy atom. The van der Waals surface area contributed by atoms with Crippen LogP contribution in [0.1, 0.15) is 39.2 Å². The summed E-state index contributed by atoms with van der Waals surface area (Å²) < 4.78 is 0. The second-order valence-corrected chi connectivity index (χ2v) is 8.04. The van der Waals surface area contributed by atoms with E-state index in [1.54, 1.807) is 18.2 Å². The van der Waals surface area contributed by atoms with Gasteiger partial charge in [-0.2, -0.15) is 0 Å². The Kier molecular flexibility index (Phi) is 3.87. The number of phenolic OH excluding ortho intramolecular Hbond substituents is 1. The van der Waals surface area contributed by atoms with Gasteiger partial charge in [-0.3, -0.25) is 10.1 Å². The van der Waals surface area contributed by atoms with Crippen molar-refractivity contribution in [1.82, 2.24) is 0 Å². The van der Waals surface area contributed by atoms with Gasteiger partial charge in [-0.1, -0.05) is 12.1 Å². The number of alkyl halides is 1. The lowest BCUT2D eigenvalue weighted by atomic mass is 9.91. The summed E-state index contributed by atoms with van der Waals surface area (Å²) in [5.41, 5.74) is 1.53. The average Bonchev–Trinajstić information content (AvgIpc) is 2.86. The standard InChI is InChI=1S/C18H21ClN2O3/c1-10(19)12-9-20(18(2,3)4)14-8-15(22)11-6-5-7-13(21(23)24)16(11)17(12)14/h5-8,10,12,22H,9H2,1-4H3. The number of rotatable bonds is 2. The van der Waals surface area contributed by atoms with Gasteiger partial charge in [0.1, 0.15) is 5.75 Å². The average molecular weight is 349 g/mol. The van der Waals surface area contributed by atoms with E-state index in [2.05, 4.69) is 25.7 Å². The fourth-order valence-electron chi connectivity index (χ4n) is 3.60. The van der Waals surface area contributed by atoms with Crippen molar-refractivity contribution in [2.75, 3.05) is 11.4 Å². The molecule has 0 amide bonds. The normalized spacial score (nSPS) is 18.7. The smallest absolute Gasteiger partial charge is 0.277 e. The molecular formula is C18H21ClN2O3. The number of nitro groups is 1. The SMILES string of the molecule is CC(Cl)C1CN(C(C)(C)C)c2cc(O)c3cccc([N+](=O)[O-])c3c21. The summed E-state index contributed by atoms with van der Waals surface area (Å²) in [5, 5.41) is 22.9. The minimum Gasteiger partial charge on any atom is -0.507 e. The number of hydrogen-bond donors (Lipinski definition) is 1. The molecule has 1 N–H and O–H groups in total. The number of nitro benzene ring substituents is 1. The third-order valence-electron chi connectivity index (χ3n) is 4.74. The van der Waals surface area contributed by atoms with Gasteiger partial charge >= 0.3 is 0 Å². The Morgan fingerprint density at radius 3 is 2.62 bits per heavy atom. The Labute approximate surface area is 146 Å². The molecular weight excluding hydrogens is 328 g/mol. The molecule has 0 saturated heterocycles. The van der Waals surface area contributed by atoms with Crippen molar-refractivity contribution < 1.29 is 10.0 Å².